The van der Waals surface area contributed by atoms with E-state index < -0.39 is 0 Å². The fourth-order valence-electron chi connectivity index (χ4n) is 3.13. The SMILES string of the molecule is CNCc1cc(OCc2ccccc2C)n(C2CCCC2)n1. The first-order valence-corrected chi connectivity index (χ1v) is 8.18. The molecule has 1 aromatic carbocycles. The van der Waals surface area contributed by atoms with Gasteiger partial charge in [-0.2, -0.15) is 5.10 Å². The van der Waals surface area contributed by atoms with Gasteiger partial charge in [-0.25, -0.2) is 4.68 Å². The van der Waals surface area contributed by atoms with Crippen molar-refractivity contribution in [1.29, 1.82) is 0 Å². The van der Waals surface area contributed by atoms with Crippen molar-refractivity contribution in [3.05, 3.63) is 47.2 Å². The summed E-state index contributed by atoms with van der Waals surface area (Å²) in [5.41, 5.74) is 3.55. The fraction of sp³-hybridized carbons (Fsp3) is 0.500. The van der Waals surface area contributed by atoms with Crippen LogP contribution in [0.1, 0.15) is 48.5 Å². The number of rotatable bonds is 6. The molecule has 0 unspecified atom stereocenters. The maximum atomic E-state index is 6.12. The van der Waals surface area contributed by atoms with Crippen LogP contribution in [0.25, 0.3) is 0 Å². The van der Waals surface area contributed by atoms with Crippen LogP contribution in [0.3, 0.4) is 0 Å². The highest BCUT2D eigenvalue weighted by Gasteiger charge is 2.22. The molecule has 4 nitrogen and oxygen atoms in total. The van der Waals surface area contributed by atoms with E-state index in [1.807, 2.05) is 7.05 Å². The minimum absolute atomic E-state index is 0.498. The van der Waals surface area contributed by atoms with E-state index in [0.717, 1.165) is 18.1 Å². The standard InChI is InChI=1S/C18H25N3O/c1-14-7-3-4-8-15(14)13-22-18-11-16(12-19-2)20-21(18)17-9-5-6-10-17/h3-4,7-8,11,17,19H,5-6,9-10,12-13H2,1-2H3. The highest BCUT2D eigenvalue weighted by molar-refractivity contribution is 5.26. The van der Waals surface area contributed by atoms with Gasteiger partial charge in [0.25, 0.3) is 0 Å². The Balaban J connectivity index is 1.77. The molecule has 0 amide bonds. The van der Waals surface area contributed by atoms with Crippen LogP contribution in [0.2, 0.25) is 0 Å². The number of aromatic nitrogens is 2. The van der Waals surface area contributed by atoms with E-state index >= 15 is 0 Å². The predicted octanol–water partition coefficient (Wildman–Crippen LogP) is 3.61. The van der Waals surface area contributed by atoms with Crippen LogP contribution < -0.4 is 10.1 Å². The zero-order valence-electron chi connectivity index (χ0n) is 13.5. The van der Waals surface area contributed by atoms with Gasteiger partial charge in [0.15, 0.2) is 0 Å². The molecule has 0 atom stereocenters. The monoisotopic (exact) mass is 299 g/mol. The van der Waals surface area contributed by atoms with Crippen LogP contribution in [-0.4, -0.2) is 16.8 Å². The largest absolute Gasteiger partial charge is 0.473 e. The number of hydrogen-bond donors (Lipinski definition) is 1. The molecule has 1 heterocycles. The van der Waals surface area contributed by atoms with E-state index in [-0.39, 0.29) is 0 Å². The van der Waals surface area contributed by atoms with Crippen molar-refractivity contribution in [1.82, 2.24) is 15.1 Å². The van der Waals surface area contributed by atoms with Crippen LogP contribution in [0.4, 0.5) is 0 Å². The molecule has 1 fully saturated rings. The molecule has 3 rings (SSSR count). The molecular formula is C18H25N3O. The van der Waals surface area contributed by atoms with Crippen LogP contribution in [0, 0.1) is 6.92 Å². The molecule has 1 saturated carbocycles. The van der Waals surface area contributed by atoms with Gasteiger partial charge in [-0.3, -0.25) is 0 Å². The summed E-state index contributed by atoms with van der Waals surface area (Å²) in [7, 11) is 1.95. The average molecular weight is 299 g/mol. The number of nitrogens with zero attached hydrogens (tertiary/aromatic N) is 2. The van der Waals surface area contributed by atoms with Crippen molar-refractivity contribution >= 4 is 0 Å². The summed E-state index contributed by atoms with van der Waals surface area (Å²) in [6.07, 6.45) is 5.01. The molecule has 0 radical (unpaired) electrons. The first-order chi connectivity index (χ1) is 10.8. The lowest BCUT2D eigenvalue weighted by molar-refractivity contribution is 0.258. The third kappa shape index (κ3) is 3.33. The number of benzene rings is 1. The van der Waals surface area contributed by atoms with Crippen molar-refractivity contribution in [2.45, 2.75) is 51.8 Å². The summed E-state index contributed by atoms with van der Waals surface area (Å²) >= 11 is 0. The van der Waals surface area contributed by atoms with Gasteiger partial charge in [-0.15, -0.1) is 0 Å². The second-order valence-electron chi connectivity index (χ2n) is 6.10. The van der Waals surface area contributed by atoms with Crippen molar-refractivity contribution in [2.75, 3.05) is 7.05 Å². The lowest BCUT2D eigenvalue weighted by Crippen LogP contribution is -2.11. The smallest absolute Gasteiger partial charge is 0.212 e. The lowest BCUT2D eigenvalue weighted by Gasteiger charge is -2.15. The molecule has 22 heavy (non-hydrogen) atoms. The highest BCUT2D eigenvalue weighted by Crippen LogP contribution is 2.33. The van der Waals surface area contributed by atoms with Crippen LogP contribution >= 0.6 is 0 Å². The van der Waals surface area contributed by atoms with Gasteiger partial charge in [0, 0.05) is 12.6 Å². The molecule has 0 bridgehead atoms. The van der Waals surface area contributed by atoms with Gasteiger partial charge in [0.2, 0.25) is 5.88 Å². The van der Waals surface area contributed by atoms with Gasteiger partial charge in [-0.1, -0.05) is 37.1 Å². The highest BCUT2D eigenvalue weighted by atomic mass is 16.5. The van der Waals surface area contributed by atoms with Crippen LogP contribution in [0.15, 0.2) is 30.3 Å². The molecule has 0 spiro atoms. The Bertz CT molecular complexity index is 615. The Hall–Kier alpha value is -1.81. The minimum Gasteiger partial charge on any atom is -0.473 e. The van der Waals surface area contributed by atoms with E-state index in [0.29, 0.717) is 12.6 Å². The number of ether oxygens (including phenoxy) is 1. The molecule has 0 saturated heterocycles. The minimum atomic E-state index is 0.498. The van der Waals surface area contributed by atoms with Gasteiger partial charge < -0.3 is 10.1 Å². The Labute approximate surface area is 132 Å². The predicted molar refractivity (Wildman–Crippen MR) is 88.0 cm³/mol. The van der Waals surface area contributed by atoms with Gasteiger partial charge in [0.05, 0.1) is 11.7 Å². The summed E-state index contributed by atoms with van der Waals surface area (Å²) in [5.74, 6) is 0.903. The van der Waals surface area contributed by atoms with Crippen molar-refractivity contribution < 1.29 is 4.74 Å². The normalized spacial score (nSPS) is 15.4. The maximum absolute atomic E-state index is 6.12. The summed E-state index contributed by atoms with van der Waals surface area (Å²) < 4.78 is 8.23. The second-order valence-corrected chi connectivity index (χ2v) is 6.10. The Kier molecular flexibility index (Phi) is 4.78. The molecule has 1 aromatic heterocycles. The van der Waals surface area contributed by atoms with Gasteiger partial charge in [-0.05, 0) is 37.9 Å². The van der Waals surface area contributed by atoms with Crippen LogP contribution in [0.5, 0.6) is 5.88 Å². The van der Waals surface area contributed by atoms with E-state index in [4.69, 9.17) is 9.84 Å². The molecule has 1 aliphatic rings. The molecule has 1 N–H and O–H groups in total. The average Bonchev–Trinajstić information content (AvgIpc) is 3.16. The molecular weight excluding hydrogens is 274 g/mol. The summed E-state index contributed by atoms with van der Waals surface area (Å²) in [6.45, 7) is 3.50. The van der Waals surface area contributed by atoms with E-state index in [1.165, 1.54) is 36.8 Å². The van der Waals surface area contributed by atoms with Crippen LogP contribution in [-0.2, 0) is 13.2 Å². The first kappa shape index (κ1) is 15.1. The quantitative estimate of drug-likeness (QED) is 0.885. The zero-order valence-corrected chi connectivity index (χ0v) is 13.5. The molecule has 4 heteroatoms. The van der Waals surface area contributed by atoms with Crippen molar-refractivity contribution in [3.63, 3.8) is 0 Å². The van der Waals surface area contributed by atoms with Gasteiger partial charge >= 0.3 is 0 Å². The third-order valence-corrected chi connectivity index (χ3v) is 4.42. The van der Waals surface area contributed by atoms with E-state index in [2.05, 4.69) is 47.3 Å². The molecule has 118 valence electrons. The maximum Gasteiger partial charge on any atom is 0.212 e. The number of nitrogens with one attached hydrogen (secondary N) is 1. The van der Waals surface area contributed by atoms with Gasteiger partial charge in [0.1, 0.15) is 6.61 Å². The second kappa shape index (κ2) is 6.97. The Morgan fingerprint density at radius 1 is 1.27 bits per heavy atom. The first-order valence-electron chi connectivity index (χ1n) is 8.18. The zero-order chi connectivity index (χ0) is 15.4. The van der Waals surface area contributed by atoms with Crippen molar-refractivity contribution in [2.24, 2.45) is 0 Å². The van der Waals surface area contributed by atoms with Crippen molar-refractivity contribution in [3.8, 4) is 5.88 Å². The summed E-state index contributed by atoms with van der Waals surface area (Å²) in [5, 5.41) is 7.91. The Morgan fingerprint density at radius 2 is 2.05 bits per heavy atom. The third-order valence-electron chi connectivity index (χ3n) is 4.42. The topological polar surface area (TPSA) is 39.1 Å². The number of hydrogen-bond acceptors (Lipinski definition) is 3. The molecule has 1 aliphatic carbocycles. The lowest BCUT2D eigenvalue weighted by atomic mass is 10.1. The summed E-state index contributed by atoms with van der Waals surface area (Å²) in [6, 6.07) is 10.9. The summed E-state index contributed by atoms with van der Waals surface area (Å²) in [4.78, 5) is 0. The fourth-order valence-corrected chi connectivity index (χ4v) is 3.13. The Morgan fingerprint density at radius 3 is 2.77 bits per heavy atom. The molecule has 2 aromatic rings. The van der Waals surface area contributed by atoms with E-state index in [9.17, 15) is 0 Å². The van der Waals surface area contributed by atoms with E-state index in [1.54, 1.807) is 0 Å². The number of aryl methyl sites for hydroxylation is 1. The molecule has 0 aliphatic heterocycles.